The molecule has 0 aromatic rings. The Kier molecular flexibility index (Phi) is 3.42. The molecule has 0 bridgehead atoms. The number of alkyl halides is 3. The summed E-state index contributed by atoms with van der Waals surface area (Å²) in [5, 5.41) is 8.34. The number of aliphatic hydroxyl groups excluding tert-OH is 1. The zero-order valence-corrected chi connectivity index (χ0v) is 5.52. The summed E-state index contributed by atoms with van der Waals surface area (Å²) >= 11 is 0. The number of rotatable bonds is 2. The number of halogens is 3. The van der Waals surface area contributed by atoms with Crippen LogP contribution in [0.1, 0.15) is 13.3 Å². The van der Waals surface area contributed by atoms with E-state index >= 15 is 0 Å². The van der Waals surface area contributed by atoms with Crippen LogP contribution >= 0.6 is 0 Å². The van der Waals surface area contributed by atoms with Crippen molar-refractivity contribution in [3.8, 4) is 0 Å². The largest absolute Gasteiger partial charge is 0.414 e. The molecular formula is C6H9F3O. The quantitative estimate of drug-likeness (QED) is 0.602. The molecule has 10 heavy (non-hydrogen) atoms. The van der Waals surface area contributed by atoms with Gasteiger partial charge in [-0.15, -0.1) is 0 Å². The molecule has 0 heterocycles. The van der Waals surface area contributed by atoms with Crippen molar-refractivity contribution in [2.75, 3.05) is 0 Å². The lowest BCUT2D eigenvalue weighted by molar-refractivity contribution is -0.202. The van der Waals surface area contributed by atoms with E-state index in [-0.39, 0.29) is 6.42 Å². The normalized spacial score (nSPS) is 16.1. The van der Waals surface area contributed by atoms with E-state index in [1.807, 2.05) is 0 Å². The molecule has 0 aliphatic heterocycles. The predicted molar refractivity (Wildman–Crippen MR) is 31.5 cm³/mol. The highest BCUT2D eigenvalue weighted by molar-refractivity contribution is 4.82. The van der Waals surface area contributed by atoms with Crippen LogP contribution in [0.2, 0.25) is 0 Å². The molecule has 0 aliphatic carbocycles. The molecule has 1 atom stereocenters. The lowest BCUT2D eigenvalue weighted by atomic mass is 10.2. The Balaban J connectivity index is 3.73. The van der Waals surface area contributed by atoms with Crippen molar-refractivity contribution in [2.24, 2.45) is 0 Å². The van der Waals surface area contributed by atoms with Crippen LogP contribution in [-0.2, 0) is 0 Å². The third kappa shape index (κ3) is 3.50. The molecule has 1 unspecified atom stereocenters. The highest BCUT2D eigenvalue weighted by Gasteiger charge is 2.36. The van der Waals surface area contributed by atoms with Crippen molar-refractivity contribution >= 4 is 0 Å². The molecule has 0 radical (unpaired) electrons. The molecule has 0 saturated heterocycles. The van der Waals surface area contributed by atoms with E-state index in [2.05, 4.69) is 0 Å². The van der Waals surface area contributed by atoms with Gasteiger partial charge < -0.3 is 5.11 Å². The summed E-state index contributed by atoms with van der Waals surface area (Å²) in [6.45, 7) is 1.60. The number of allylic oxidation sites excluding steroid dienone is 1. The molecule has 4 heteroatoms. The molecule has 0 amide bonds. The van der Waals surface area contributed by atoms with Crippen LogP contribution in [0, 0.1) is 0 Å². The van der Waals surface area contributed by atoms with Crippen molar-refractivity contribution in [1.82, 2.24) is 0 Å². The summed E-state index contributed by atoms with van der Waals surface area (Å²) in [5.74, 6) is 0. The molecule has 0 rings (SSSR count). The summed E-state index contributed by atoms with van der Waals surface area (Å²) in [6.07, 6.45) is -4.32. The third-order valence-electron chi connectivity index (χ3n) is 0.973. The Morgan fingerprint density at radius 3 is 2.30 bits per heavy atom. The van der Waals surface area contributed by atoms with Gasteiger partial charge in [-0.3, -0.25) is 0 Å². The summed E-state index contributed by atoms with van der Waals surface area (Å²) in [6, 6.07) is 0. The van der Waals surface area contributed by atoms with E-state index in [4.69, 9.17) is 5.11 Å². The van der Waals surface area contributed by atoms with Gasteiger partial charge in [0.05, 0.1) is 0 Å². The molecule has 1 nitrogen and oxygen atoms in total. The Labute approximate surface area is 57.2 Å². The van der Waals surface area contributed by atoms with Crippen molar-refractivity contribution in [3.05, 3.63) is 12.2 Å². The fraction of sp³-hybridized carbons (Fsp3) is 0.667. The van der Waals surface area contributed by atoms with Gasteiger partial charge >= 0.3 is 6.18 Å². The first-order valence-corrected chi connectivity index (χ1v) is 2.84. The highest BCUT2D eigenvalue weighted by Crippen LogP contribution is 2.22. The number of hydrogen-bond donors (Lipinski definition) is 1. The van der Waals surface area contributed by atoms with Gasteiger partial charge in [0.15, 0.2) is 6.10 Å². The highest BCUT2D eigenvalue weighted by atomic mass is 19.4. The Bertz CT molecular complexity index is 117. The average Bonchev–Trinajstić information content (AvgIpc) is 1.80. The van der Waals surface area contributed by atoms with Gasteiger partial charge in [0, 0.05) is 6.42 Å². The maximum atomic E-state index is 11.5. The summed E-state index contributed by atoms with van der Waals surface area (Å²) in [4.78, 5) is 0. The standard InChI is InChI=1S/C6H9F3O/c1-2-3-4-5(10)6(7,8)9/h2-3,5,10H,4H2,1H3. The van der Waals surface area contributed by atoms with Crippen molar-refractivity contribution < 1.29 is 18.3 Å². The maximum absolute atomic E-state index is 11.5. The molecule has 0 saturated carbocycles. The SMILES string of the molecule is CC=CCC(O)C(F)(F)F. The monoisotopic (exact) mass is 154 g/mol. The maximum Gasteiger partial charge on any atom is 0.414 e. The van der Waals surface area contributed by atoms with Gasteiger partial charge in [-0.1, -0.05) is 12.2 Å². The summed E-state index contributed by atoms with van der Waals surface area (Å²) in [5.41, 5.74) is 0. The lowest BCUT2D eigenvalue weighted by Crippen LogP contribution is -2.27. The molecule has 0 aromatic carbocycles. The van der Waals surface area contributed by atoms with Crippen molar-refractivity contribution in [3.63, 3.8) is 0 Å². The van der Waals surface area contributed by atoms with Crippen LogP contribution in [0.5, 0.6) is 0 Å². The Hall–Kier alpha value is -0.510. The first-order valence-electron chi connectivity index (χ1n) is 2.84. The van der Waals surface area contributed by atoms with E-state index in [9.17, 15) is 13.2 Å². The zero-order valence-electron chi connectivity index (χ0n) is 5.52. The molecule has 1 N–H and O–H groups in total. The first-order chi connectivity index (χ1) is 4.48. The van der Waals surface area contributed by atoms with E-state index in [1.54, 1.807) is 6.92 Å². The van der Waals surface area contributed by atoms with Crippen LogP contribution in [-0.4, -0.2) is 17.4 Å². The molecule has 0 spiro atoms. The number of aliphatic hydroxyl groups is 1. The zero-order chi connectivity index (χ0) is 8.20. The molecule has 0 aliphatic rings. The van der Waals surface area contributed by atoms with Crippen LogP contribution < -0.4 is 0 Å². The van der Waals surface area contributed by atoms with Gasteiger partial charge in [0.2, 0.25) is 0 Å². The average molecular weight is 154 g/mol. The molecule has 0 aromatic heterocycles. The predicted octanol–water partition coefficient (Wildman–Crippen LogP) is 1.88. The Morgan fingerprint density at radius 1 is 1.50 bits per heavy atom. The minimum atomic E-state index is -4.49. The van der Waals surface area contributed by atoms with Crippen LogP contribution in [0.3, 0.4) is 0 Å². The van der Waals surface area contributed by atoms with Crippen LogP contribution in [0.15, 0.2) is 12.2 Å². The van der Waals surface area contributed by atoms with Gasteiger partial charge in [-0.2, -0.15) is 13.2 Å². The fourth-order valence-corrected chi connectivity index (χ4v) is 0.399. The van der Waals surface area contributed by atoms with Gasteiger partial charge in [0.25, 0.3) is 0 Å². The first kappa shape index (κ1) is 9.49. The lowest BCUT2D eigenvalue weighted by Gasteiger charge is -2.11. The number of hydrogen-bond acceptors (Lipinski definition) is 1. The van der Waals surface area contributed by atoms with E-state index in [0.29, 0.717) is 0 Å². The molecular weight excluding hydrogens is 145 g/mol. The minimum Gasteiger partial charge on any atom is -0.383 e. The second-order valence-corrected chi connectivity index (χ2v) is 1.86. The van der Waals surface area contributed by atoms with E-state index in [0.717, 1.165) is 0 Å². The van der Waals surface area contributed by atoms with Crippen molar-refractivity contribution in [1.29, 1.82) is 0 Å². The summed E-state index contributed by atoms with van der Waals surface area (Å²) < 4.78 is 34.5. The van der Waals surface area contributed by atoms with Crippen LogP contribution in [0.4, 0.5) is 13.2 Å². The van der Waals surface area contributed by atoms with Crippen LogP contribution in [0.25, 0.3) is 0 Å². The topological polar surface area (TPSA) is 20.2 Å². The van der Waals surface area contributed by atoms with Gasteiger partial charge in [-0.05, 0) is 6.92 Å². The summed E-state index contributed by atoms with van der Waals surface area (Å²) in [7, 11) is 0. The van der Waals surface area contributed by atoms with Gasteiger partial charge in [-0.25, -0.2) is 0 Å². The second-order valence-electron chi connectivity index (χ2n) is 1.86. The smallest absolute Gasteiger partial charge is 0.383 e. The van der Waals surface area contributed by atoms with E-state index < -0.39 is 12.3 Å². The fourth-order valence-electron chi connectivity index (χ4n) is 0.399. The Morgan fingerprint density at radius 2 is 2.00 bits per heavy atom. The molecule has 0 fully saturated rings. The van der Waals surface area contributed by atoms with Crippen molar-refractivity contribution in [2.45, 2.75) is 25.6 Å². The van der Waals surface area contributed by atoms with Gasteiger partial charge in [0.1, 0.15) is 0 Å². The van der Waals surface area contributed by atoms with E-state index in [1.165, 1.54) is 12.2 Å². The minimum absolute atomic E-state index is 0.361. The second kappa shape index (κ2) is 3.61. The third-order valence-corrected chi connectivity index (χ3v) is 0.973. The molecule has 60 valence electrons.